The summed E-state index contributed by atoms with van der Waals surface area (Å²) < 4.78 is 11.2. The molecule has 0 fully saturated rings. The number of methoxy groups -OCH3 is 2. The fourth-order valence-corrected chi connectivity index (χ4v) is 1.67. The van der Waals surface area contributed by atoms with Gasteiger partial charge in [0.05, 0.1) is 26.3 Å². The number of nitriles is 1. The second-order valence-electron chi connectivity index (χ2n) is 3.90. The predicted octanol–water partition coefficient (Wildman–Crippen LogP) is 0.993. The fraction of sp³-hybridized carbons (Fsp3) is 0.231. The molecule has 0 aliphatic heterocycles. The van der Waals surface area contributed by atoms with E-state index in [2.05, 4.69) is 14.8 Å². The smallest absolute Gasteiger partial charge is 0.377 e. The Morgan fingerprint density at radius 3 is 2.90 bits per heavy atom. The van der Waals surface area contributed by atoms with Gasteiger partial charge in [0.15, 0.2) is 0 Å². The number of rotatable bonds is 4. The van der Waals surface area contributed by atoms with E-state index in [4.69, 9.17) is 10.00 Å². The van der Waals surface area contributed by atoms with Crippen LogP contribution in [0.1, 0.15) is 21.7 Å². The maximum Gasteiger partial charge on any atom is 0.377 e. The Morgan fingerprint density at radius 2 is 2.25 bits per heavy atom. The molecule has 2 rings (SSSR count). The highest BCUT2D eigenvalue weighted by atomic mass is 16.5. The van der Waals surface area contributed by atoms with Gasteiger partial charge in [-0.25, -0.2) is 14.5 Å². The van der Waals surface area contributed by atoms with Gasteiger partial charge in [-0.3, -0.25) is 0 Å². The van der Waals surface area contributed by atoms with Crippen molar-refractivity contribution in [2.75, 3.05) is 14.2 Å². The van der Waals surface area contributed by atoms with Crippen LogP contribution in [0.5, 0.6) is 5.75 Å². The van der Waals surface area contributed by atoms with E-state index in [9.17, 15) is 4.79 Å². The van der Waals surface area contributed by atoms with Gasteiger partial charge >= 0.3 is 5.97 Å². The molecule has 1 aromatic heterocycles. The maximum atomic E-state index is 11.2. The number of carbonyl (C=O) groups is 1. The summed E-state index contributed by atoms with van der Waals surface area (Å²) in [6, 6.07) is 7.26. The molecule has 0 amide bonds. The molecule has 0 spiro atoms. The van der Waals surface area contributed by atoms with Crippen molar-refractivity contribution in [1.29, 1.82) is 5.26 Å². The summed E-state index contributed by atoms with van der Waals surface area (Å²) in [5.41, 5.74) is 1.34. The van der Waals surface area contributed by atoms with E-state index in [0.717, 1.165) is 5.56 Å². The lowest BCUT2D eigenvalue weighted by Crippen LogP contribution is -2.06. The number of hydrogen-bond acceptors (Lipinski definition) is 6. The molecule has 20 heavy (non-hydrogen) atoms. The molecule has 0 N–H and O–H groups in total. The Hall–Kier alpha value is -2.88. The minimum absolute atomic E-state index is 0.00751. The van der Waals surface area contributed by atoms with Crippen LogP contribution >= 0.6 is 0 Å². The average molecular weight is 272 g/mol. The Morgan fingerprint density at radius 1 is 1.45 bits per heavy atom. The predicted molar refractivity (Wildman–Crippen MR) is 68.2 cm³/mol. The Balaban J connectivity index is 2.20. The van der Waals surface area contributed by atoms with E-state index in [1.54, 1.807) is 18.2 Å². The third-order valence-electron chi connectivity index (χ3n) is 2.64. The van der Waals surface area contributed by atoms with Crippen LogP contribution in [0.15, 0.2) is 24.5 Å². The van der Waals surface area contributed by atoms with Gasteiger partial charge in [0.25, 0.3) is 5.82 Å². The van der Waals surface area contributed by atoms with Gasteiger partial charge in [-0.2, -0.15) is 5.26 Å². The van der Waals surface area contributed by atoms with E-state index >= 15 is 0 Å². The molecule has 1 aromatic carbocycles. The van der Waals surface area contributed by atoms with Gasteiger partial charge in [0.2, 0.25) is 0 Å². The monoisotopic (exact) mass is 272 g/mol. The maximum absolute atomic E-state index is 11.2. The highest BCUT2D eigenvalue weighted by Gasteiger charge is 2.11. The van der Waals surface area contributed by atoms with E-state index in [0.29, 0.717) is 17.9 Å². The normalized spacial score (nSPS) is 9.85. The van der Waals surface area contributed by atoms with Crippen molar-refractivity contribution in [1.82, 2.24) is 14.8 Å². The van der Waals surface area contributed by atoms with Crippen LogP contribution in [0.4, 0.5) is 0 Å². The van der Waals surface area contributed by atoms with Gasteiger partial charge in [-0.15, -0.1) is 5.10 Å². The first-order valence-electron chi connectivity index (χ1n) is 5.72. The van der Waals surface area contributed by atoms with Crippen molar-refractivity contribution < 1.29 is 14.3 Å². The van der Waals surface area contributed by atoms with Gasteiger partial charge in [-0.05, 0) is 17.7 Å². The molecule has 0 saturated carbocycles. The van der Waals surface area contributed by atoms with Gasteiger partial charge in [-0.1, -0.05) is 6.07 Å². The molecule has 0 aliphatic carbocycles. The van der Waals surface area contributed by atoms with Crippen LogP contribution in [-0.2, 0) is 11.3 Å². The molecular weight excluding hydrogens is 260 g/mol. The van der Waals surface area contributed by atoms with Gasteiger partial charge < -0.3 is 9.47 Å². The first kappa shape index (κ1) is 13.5. The Bertz CT molecular complexity index is 672. The number of ether oxygens (including phenoxy) is 2. The van der Waals surface area contributed by atoms with Gasteiger partial charge in [0, 0.05) is 0 Å². The molecular formula is C13H12N4O3. The molecule has 0 radical (unpaired) electrons. The molecule has 7 heteroatoms. The summed E-state index contributed by atoms with van der Waals surface area (Å²) in [4.78, 5) is 15.1. The van der Waals surface area contributed by atoms with Crippen molar-refractivity contribution >= 4 is 5.97 Å². The van der Waals surface area contributed by atoms with Crippen molar-refractivity contribution in [3.05, 3.63) is 41.5 Å². The molecule has 0 bridgehead atoms. The first-order chi connectivity index (χ1) is 9.67. The molecule has 7 nitrogen and oxygen atoms in total. The molecule has 0 saturated heterocycles. The van der Waals surface area contributed by atoms with Gasteiger partial charge in [0.1, 0.15) is 18.1 Å². The summed E-state index contributed by atoms with van der Waals surface area (Å²) in [6.07, 6.45) is 1.44. The second kappa shape index (κ2) is 5.84. The number of nitrogens with zero attached hydrogens (tertiary/aromatic N) is 4. The van der Waals surface area contributed by atoms with E-state index in [-0.39, 0.29) is 5.82 Å². The van der Waals surface area contributed by atoms with Crippen molar-refractivity contribution in [2.24, 2.45) is 0 Å². The molecule has 0 atom stereocenters. The van der Waals surface area contributed by atoms with Crippen LogP contribution < -0.4 is 4.74 Å². The standard InChI is InChI=1S/C13H12N4O3/c1-19-11-5-9(3-4-10(11)6-14)7-17-8-15-12(16-17)13(18)20-2/h3-5,8H,7H2,1-2H3. The van der Waals surface area contributed by atoms with Crippen molar-refractivity contribution in [2.45, 2.75) is 6.54 Å². The summed E-state index contributed by atoms with van der Waals surface area (Å²) >= 11 is 0. The first-order valence-corrected chi connectivity index (χ1v) is 5.72. The van der Waals surface area contributed by atoms with E-state index in [1.165, 1.54) is 25.2 Å². The fourth-order valence-electron chi connectivity index (χ4n) is 1.67. The van der Waals surface area contributed by atoms with Crippen LogP contribution in [0, 0.1) is 11.3 Å². The number of carbonyl (C=O) groups excluding carboxylic acids is 1. The zero-order valence-electron chi connectivity index (χ0n) is 11.0. The number of hydrogen-bond donors (Lipinski definition) is 0. The lowest BCUT2D eigenvalue weighted by molar-refractivity contribution is 0.0586. The quantitative estimate of drug-likeness (QED) is 0.771. The van der Waals surface area contributed by atoms with Crippen molar-refractivity contribution in [3.63, 3.8) is 0 Å². The summed E-state index contributed by atoms with van der Waals surface area (Å²) in [6.45, 7) is 0.409. The van der Waals surface area contributed by atoms with Crippen LogP contribution in [0.25, 0.3) is 0 Å². The van der Waals surface area contributed by atoms with Crippen LogP contribution in [-0.4, -0.2) is 35.0 Å². The average Bonchev–Trinajstić information content (AvgIpc) is 2.94. The van der Waals surface area contributed by atoms with Crippen LogP contribution in [0.3, 0.4) is 0 Å². The Kier molecular flexibility index (Phi) is 3.96. The molecule has 0 aliphatic rings. The molecule has 2 aromatic rings. The highest BCUT2D eigenvalue weighted by molar-refractivity contribution is 5.84. The lowest BCUT2D eigenvalue weighted by Gasteiger charge is -2.06. The summed E-state index contributed by atoms with van der Waals surface area (Å²) in [5, 5.41) is 12.9. The lowest BCUT2D eigenvalue weighted by atomic mass is 10.1. The molecule has 102 valence electrons. The largest absolute Gasteiger partial charge is 0.495 e. The third-order valence-corrected chi connectivity index (χ3v) is 2.64. The highest BCUT2D eigenvalue weighted by Crippen LogP contribution is 2.19. The van der Waals surface area contributed by atoms with Crippen molar-refractivity contribution in [3.8, 4) is 11.8 Å². The summed E-state index contributed by atoms with van der Waals surface area (Å²) in [7, 11) is 2.78. The van der Waals surface area contributed by atoms with E-state index < -0.39 is 5.97 Å². The van der Waals surface area contributed by atoms with Crippen LogP contribution in [0.2, 0.25) is 0 Å². The minimum atomic E-state index is -0.582. The third kappa shape index (κ3) is 2.75. The number of benzene rings is 1. The summed E-state index contributed by atoms with van der Waals surface area (Å²) in [5.74, 6) is -0.0763. The SMILES string of the molecule is COC(=O)c1ncn(Cc2ccc(C#N)c(OC)c2)n1. The van der Waals surface area contributed by atoms with E-state index in [1.807, 2.05) is 6.07 Å². The zero-order chi connectivity index (χ0) is 14.5. The minimum Gasteiger partial charge on any atom is -0.495 e. The topological polar surface area (TPSA) is 90.0 Å². The molecule has 0 unspecified atom stereocenters. The molecule has 1 heterocycles. The zero-order valence-corrected chi connectivity index (χ0v) is 11.0. The number of esters is 1. The second-order valence-corrected chi connectivity index (χ2v) is 3.90. The Labute approximate surface area is 115 Å². The number of aromatic nitrogens is 3.